The fourth-order valence-electron chi connectivity index (χ4n) is 3.22. The van der Waals surface area contributed by atoms with Gasteiger partial charge < -0.3 is 5.32 Å². The van der Waals surface area contributed by atoms with Gasteiger partial charge in [-0.15, -0.1) is 5.10 Å². The van der Waals surface area contributed by atoms with Crippen LogP contribution in [0.15, 0.2) is 29.4 Å². The van der Waals surface area contributed by atoms with E-state index in [1.807, 2.05) is 12.1 Å². The van der Waals surface area contributed by atoms with Gasteiger partial charge in [-0.25, -0.2) is 9.78 Å². The number of urea groups is 1. The molecule has 0 spiro atoms. The van der Waals surface area contributed by atoms with E-state index < -0.39 is 11.3 Å². The van der Waals surface area contributed by atoms with Crippen LogP contribution >= 0.6 is 11.8 Å². The number of rotatable bonds is 6. The molecule has 1 atom stereocenters. The maximum absolute atomic E-state index is 12.3. The second-order valence-corrected chi connectivity index (χ2v) is 8.38. The Kier molecular flexibility index (Phi) is 7.08. The summed E-state index contributed by atoms with van der Waals surface area (Å²) in [6, 6.07) is 7.87. The Morgan fingerprint density at radius 2 is 1.93 bits per heavy atom. The Morgan fingerprint density at radius 3 is 2.61 bits per heavy atom. The molecule has 1 aromatic heterocycles. The average molecular weight is 402 g/mol. The van der Waals surface area contributed by atoms with Crippen LogP contribution in [-0.2, 0) is 11.2 Å². The number of H-pyrrole nitrogens is 1. The summed E-state index contributed by atoms with van der Waals surface area (Å²) in [5.41, 5.74) is 2.20. The number of carbonyl (C=O) groups excluding carboxylic acids is 2. The molecule has 0 aliphatic heterocycles. The average Bonchev–Trinajstić information content (AvgIpc) is 3.17. The van der Waals surface area contributed by atoms with Crippen molar-refractivity contribution in [3.05, 3.63) is 29.8 Å². The van der Waals surface area contributed by atoms with Crippen molar-refractivity contribution in [3.8, 4) is 11.4 Å². The topological polar surface area (TPSA) is 99.8 Å². The SMILES string of the molecule is CCc1ccc(-c2nc(SC(C)C(=O)NC(=O)NC3CCCCC3)n[nH]2)cc1. The minimum absolute atomic E-state index is 0.166. The third-order valence-corrected chi connectivity index (χ3v) is 5.89. The first-order chi connectivity index (χ1) is 13.5. The van der Waals surface area contributed by atoms with Crippen molar-refractivity contribution < 1.29 is 9.59 Å². The van der Waals surface area contributed by atoms with E-state index in [4.69, 9.17) is 0 Å². The minimum Gasteiger partial charge on any atom is -0.335 e. The Balaban J connectivity index is 1.50. The number of benzene rings is 1. The molecule has 1 aliphatic rings. The molecule has 0 radical (unpaired) electrons. The van der Waals surface area contributed by atoms with Gasteiger partial charge in [0.1, 0.15) is 0 Å². The van der Waals surface area contributed by atoms with Gasteiger partial charge in [0.05, 0.1) is 5.25 Å². The van der Waals surface area contributed by atoms with Crippen molar-refractivity contribution in [2.75, 3.05) is 0 Å². The molecule has 1 aliphatic carbocycles. The lowest BCUT2D eigenvalue weighted by molar-refractivity contribution is -0.119. The zero-order valence-electron chi connectivity index (χ0n) is 16.3. The van der Waals surface area contributed by atoms with Crippen molar-refractivity contribution >= 4 is 23.7 Å². The number of aromatic amines is 1. The molecule has 1 fully saturated rings. The number of nitrogens with one attached hydrogen (secondary N) is 3. The van der Waals surface area contributed by atoms with Crippen molar-refractivity contribution in [2.24, 2.45) is 0 Å². The molecule has 3 rings (SSSR count). The number of amides is 3. The highest BCUT2D eigenvalue weighted by Gasteiger charge is 2.21. The number of imide groups is 1. The Morgan fingerprint density at radius 1 is 1.21 bits per heavy atom. The van der Waals surface area contributed by atoms with Crippen molar-refractivity contribution in [1.82, 2.24) is 25.8 Å². The molecular weight excluding hydrogens is 374 g/mol. The molecule has 28 heavy (non-hydrogen) atoms. The molecular formula is C20H27N5O2S. The summed E-state index contributed by atoms with van der Waals surface area (Å²) < 4.78 is 0. The first kappa shape index (κ1) is 20.4. The zero-order chi connectivity index (χ0) is 19.9. The minimum atomic E-state index is -0.483. The lowest BCUT2D eigenvalue weighted by atomic mass is 9.96. The van der Waals surface area contributed by atoms with Gasteiger partial charge in [0, 0.05) is 11.6 Å². The van der Waals surface area contributed by atoms with Crippen LogP contribution in [0.4, 0.5) is 4.79 Å². The molecule has 1 unspecified atom stereocenters. The van der Waals surface area contributed by atoms with Crippen LogP contribution in [0, 0.1) is 0 Å². The Hall–Kier alpha value is -2.35. The Bertz CT molecular complexity index is 799. The van der Waals surface area contributed by atoms with Gasteiger partial charge in [-0.05, 0) is 31.7 Å². The van der Waals surface area contributed by atoms with Gasteiger partial charge in [0.15, 0.2) is 5.82 Å². The number of aryl methyl sites for hydroxylation is 1. The van der Waals surface area contributed by atoms with Crippen LogP contribution < -0.4 is 10.6 Å². The maximum Gasteiger partial charge on any atom is 0.321 e. The molecule has 150 valence electrons. The monoisotopic (exact) mass is 401 g/mol. The highest BCUT2D eigenvalue weighted by Crippen LogP contribution is 2.23. The summed E-state index contributed by atoms with van der Waals surface area (Å²) in [6.07, 6.45) is 6.40. The van der Waals surface area contributed by atoms with Crippen LogP contribution in [0.5, 0.6) is 0 Å². The summed E-state index contributed by atoms with van der Waals surface area (Å²) in [7, 11) is 0. The van der Waals surface area contributed by atoms with E-state index in [1.54, 1.807) is 6.92 Å². The second-order valence-electron chi connectivity index (χ2n) is 7.07. The van der Waals surface area contributed by atoms with E-state index in [1.165, 1.54) is 23.7 Å². The molecule has 1 heterocycles. The van der Waals surface area contributed by atoms with E-state index >= 15 is 0 Å². The number of carbonyl (C=O) groups is 2. The van der Waals surface area contributed by atoms with Crippen molar-refractivity contribution in [1.29, 1.82) is 0 Å². The molecule has 3 N–H and O–H groups in total. The fourth-order valence-corrected chi connectivity index (χ4v) is 3.94. The van der Waals surface area contributed by atoms with E-state index in [2.05, 4.69) is 44.9 Å². The van der Waals surface area contributed by atoms with Crippen molar-refractivity contribution in [3.63, 3.8) is 0 Å². The predicted molar refractivity (Wildman–Crippen MR) is 110 cm³/mol. The first-order valence-corrected chi connectivity index (χ1v) is 10.7. The molecule has 2 aromatic rings. The van der Waals surface area contributed by atoms with E-state index in [9.17, 15) is 9.59 Å². The smallest absolute Gasteiger partial charge is 0.321 e. The molecule has 8 heteroatoms. The highest BCUT2D eigenvalue weighted by molar-refractivity contribution is 8.00. The van der Waals surface area contributed by atoms with E-state index in [-0.39, 0.29) is 11.9 Å². The Labute approximate surface area is 169 Å². The largest absolute Gasteiger partial charge is 0.335 e. The molecule has 3 amide bonds. The van der Waals surface area contributed by atoms with Crippen LogP contribution in [0.1, 0.15) is 51.5 Å². The van der Waals surface area contributed by atoms with Gasteiger partial charge in [0.25, 0.3) is 0 Å². The van der Waals surface area contributed by atoms with Crippen LogP contribution in [0.25, 0.3) is 11.4 Å². The fraction of sp³-hybridized carbons (Fsp3) is 0.500. The molecule has 1 aromatic carbocycles. The predicted octanol–water partition coefficient (Wildman–Crippen LogP) is 3.67. The summed E-state index contributed by atoms with van der Waals surface area (Å²) >= 11 is 1.22. The van der Waals surface area contributed by atoms with Crippen molar-refractivity contribution in [2.45, 2.75) is 68.8 Å². The number of thioether (sulfide) groups is 1. The third kappa shape index (κ3) is 5.58. The number of hydrogen-bond donors (Lipinski definition) is 3. The summed E-state index contributed by atoms with van der Waals surface area (Å²) in [4.78, 5) is 28.8. The standard InChI is InChI=1S/C20H27N5O2S/c1-3-14-9-11-15(12-10-14)17-22-20(25-24-17)28-13(2)18(26)23-19(27)21-16-7-5-4-6-8-16/h9-13,16H,3-8H2,1-2H3,(H,22,24,25)(H2,21,23,26,27). The number of nitrogens with zero attached hydrogens (tertiary/aromatic N) is 2. The zero-order valence-corrected chi connectivity index (χ0v) is 17.1. The van der Waals surface area contributed by atoms with Gasteiger partial charge >= 0.3 is 6.03 Å². The molecule has 0 saturated heterocycles. The molecule has 1 saturated carbocycles. The summed E-state index contributed by atoms with van der Waals surface area (Å²) in [5.74, 6) is 0.310. The van der Waals surface area contributed by atoms with Crippen LogP contribution in [-0.4, -0.2) is 38.4 Å². The maximum atomic E-state index is 12.3. The number of aromatic nitrogens is 3. The van der Waals surface area contributed by atoms with Gasteiger partial charge in [0.2, 0.25) is 11.1 Å². The van der Waals surface area contributed by atoms with E-state index in [0.717, 1.165) is 37.7 Å². The van der Waals surface area contributed by atoms with Gasteiger partial charge in [-0.2, -0.15) is 0 Å². The van der Waals surface area contributed by atoms with Crippen LogP contribution in [0.3, 0.4) is 0 Å². The second kappa shape index (κ2) is 9.73. The van der Waals surface area contributed by atoms with Crippen LogP contribution in [0.2, 0.25) is 0 Å². The summed E-state index contributed by atoms with van der Waals surface area (Å²) in [5, 5.41) is 12.4. The first-order valence-electron chi connectivity index (χ1n) is 9.85. The normalized spacial score (nSPS) is 15.8. The lowest BCUT2D eigenvalue weighted by Crippen LogP contribution is -2.47. The summed E-state index contributed by atoms with van der Waals surface area (Å²) in [6.45, 7) is 3.85. The lowest BCUT2D eigenvalue weighted by Gasteiger charge is -2.22. The molecule has 0 bridgehead atoms. The van der Waals surface area contributed by atoms with Gasteiger partial charge in [-0.1, -0.05) is 62.2 Å². The van der Waals surface area contributed by atoms with E-state index in [0.29, 0.717) is 11.0 Å². The quantitative estimate of drug-likeness (QED) is 0.641. The number of hydrogen-bond acceptors (Lipinski definition) is 5. The molecule has 7 nitrogen and oxygen atoms in total. The highest BCUT2D eigenvalue weighted by atomic mass is 32.2. The third-order valence-electron chi connectivity index (χ3n) is 4.93. The van der Waals surface area contributed by atoms with Gasteiger partial charge in [-0.3, -0.25) is 15.2 Å².